The van der Waals surface area contributed by atoms with E-state index in [0.717, 1.165) is 5.56 Å². The monoisotopic (exact) mass is 398 g/mol. The molecule has 0 spiro atoms. The van der Waals surface area contributed by atoms with Crippen LogP contribution in [0.2, 0.25) is 0 Å². The lowest BCUT2D eigenvalue weighted by Crippen LogP contribution is -2.08. The molecule has 1 heterocycles. The predicted octanol–water partition coefficient (Wildman–Crippen LogP) is 3.27. The number of benzene rings is 2. The fourth-order valence-electron chi connectivity index (χ4n) is 2.82. The minimum Gasteiger partial charge on any atom is -0.496 e. The van der Waals surface area contributed by atoms with Crippen LogP contribution >= 0.6 is 0 Å². The molecule has 0 saturated carbocycles. The highest BCUT2D eigenvalue weighted by Gasteiger charge is 2.29. The lowest BCUT2D eigenvalue weighted by atomic mass is 10.1. The molecule has 150 valence electrons. The molecule has 0 fully saturated rings. The number of aryl methyl sites for hydroxylation is 1. The molecular formula is C20H18N2O7. The van der Waals surface area contributed by atoms with Crippen LogP contribution in [-0.4, -0.2) is 38.1 Å². The molecule has 9 nitrogen and oxygen atoms in total. The summed E-state index contributed by atoms with van der Waals surface area (Å²) >= 11 is 0. The van der Waals surface area contributed by atoms with Gasteiger partial charge in [0.1, 0.15) is 11.3 Å². The number of carbonyl (C=O) groups excluding carboxylic acids is 1. The van der Waals surface area contributed by atoms with E-state index in [1.807, 2.05) is 0 Å². The minimum absolute atomic E-state index is 0.0266. The summed E-state index contributed by atoms with van der Waals surface area (Å²) in [4.78, 5) is 27.3. The van der Waals surface area contributed by atoms with Crippen molar-refractivity contribution in [2.75, 3.05) is 21.3 Å². The van der Waals surface area contributed by atoms with Crippen LogP contribution in [0.3, 0.4) is 0 Å². The van der Waals surface area contributed by atoms with Gasteiger partial charge in [0.15, 0.2) is 17.2 Å². The molecule has 0 atom stereocenters. The van der Waals surface area contributed by atoms with Gasteiger partial charge >= 0.3 is 5.97 Å². The average Bonchev–Trinajstić information content (AvgIpc) is 3.07. The first-order chi connectivity index (χ1) is 13.9. The summed E-state index contributed by atoms with van der Waals surface area (Å²) in [6.45, 7) is 1.77. The van der Waals surface area contributed by atoms with Gasteiger partial charge in [-0.15, -0.1) is 0 Å². The molecule has 0 N–H and O–H groups in total. The van der Waals surface area contributed by atoms with Crippen LogP contribution in [0.25, 0.3) is 6.08 Å². The summed E-state index contributed by atoms with van der Waals surface area (Å²) in [5, 5.41) is 11.3. The van der Waals surface area contributed by atoms with Crippen LogP contribution in [0.4, 0.5) is 5.69 Å². The smallest absolute Gasteiger partial charge is 0.363 e. The van der Waals surface area contributed by atoms with E-state index >= 15 is 0 Å². The van der Waals surface area contributed by atoms with Crippen LogP contribution < -0.4 is 14.2 Å². The molecule has 29 heavy (non-hydrogen) atoms. The zero-order valence-corrected chi connectivity index (χ0v) is 16.2. The number of hydrogen-bond acceptors (Lipinski definition) is 8. The van der Waals surface area contributed by atoms with Crippen LogP contribution in [0, 0.1) is 17.0 Å². The molecule has 0 unspecified atom stereocenters. The summed E-state index contributed by atoms with van der Waals surface area (Å²) in [5.41, 5.74) is 1.17. The molecule has 1 aliphatic rings. The van der Waals surface area contributed by atoms with E-state index in [0.29, 0.717) is 22.8 Å². The molecular weight excluding hydrogens is 380 g/mol. The largest absolute Gasteiger partial charge is 0.496 e. The Labute approximate surface area is 166 Å². The molecule has 0 aromatic heterocycles. The lowest BCUT2D eigenvalue weighted by Gasteiger charge is -2.12. The van der Waals surface area contributed by atoms with E-state index in [-0.39, 0.29) is 22.8 Å². The van der Waals surface area contributed by atoms with Gasteiger partial charge in [0.2, 0.25) is 5.90 Å². The zero-order valence-electron chi connectivity index (χ0n) is 16.2. The quantitative estimate of drug-likeness (QED) is 0.318. The van der Waals surface area contributed by atoms with Crippen molar-refractivity contribution in [3.63, 3.8) is 0 Å². The number of nitro groups is 1. The van der Waals surface area contributed by atoms with E-state index in [4.69, 9.17) is 18.9 Å². The number of nitro benzene ring substituents is 1. The number of aliphatic imine (C=N–C) groups is 1. The molecule has 0 aliphatic carbocycles. The molecule has 0 amide bonds. The van der Waals surface area contributed by atoms with E-state index in [1.54, 1.807) is 31.2 Å². The summed E-state index contributed by atoms with van der Waals surface area (Å²) in [5.74, 6) is 0.460. The topological polar surface area (TPSA) is 109 Å². The fourth-order valence-corrected chi connectivity index (χ4v) is 2.82. The summed E-state index contributed by atoms with van der Waals surface area (Å²) < 4.78 is 21.0. The Morgan fingerprint density at radius 3 is 2.31 bits per heavy atom. The highest BCUT2D eigenvalue weighted by Crippen LogP contribution is 2.36. The maximum absolute atomic E-state index is 12.3. The van der Waals surface area contributed by atoms with Gasteiger partial charge in [0.25, 0.3) is 5.69 Å². The van der Waals surface area contributed by atoms with Crippen LogP contribution in [0.5, 0.6) is 17.2 Å². The van der Waals surface area contributed by atoms with Crippen molar-refractivity contribution >= 4 is 23.6 Å². The van der Waals surface area contributed by atoms with Crippen molar-refractivity contribution in [3.8, 4) is 17.2 Å². The van der Waals surface area contributed by atoms with E-state index in [1.165, 1.54) is 33.5 Å². The maximum Gasteiger partial charge on any atom is 0.363 e. The summed E-state index contributed by atoms with van der Waals surface area (Å²) in [7, 11) is 4.45. The third kappa shape index (κ3) is 3.88. The number of ether oxygens (including phenoxy) is 4. The molecule has 2 aromatic rings. The van der Waals surface area contributed by atoms with Gasteiger partial charge < -0.3 is 18.9 Å². The highest BCUT2D eigenvalue weighted by atomic mass is 16.6. The Morgan fingerprint density at radius 1 is 1.03 bits per heavy atom. The third-order valence-electron chi connectivity index (χ3n) is 4.23. The second-order valence-corrected chi connectivity index (χ2v) is 6.06. The molecule has 1 aliphatic heterocycles. The Kier molecular flexibility index (Phi) is 5.49. The average molecular weight is 398 g/mol. The first-order valence-electron chi connectivity index (χ1n) is 8.46. The first kappa shape index (κ1) is 19.9. The highest BCUT2D eigenvalue weighted by molar-refractivity contribution is 6.14. The van der Waals surface area contributed by atoms with Crippen molar-refractivity contribution in [1.29, 1.82) is 0 Å². The maximum atomic E-state index is 12.3. The normalized spacial score (nSPS) is 14.4. The molecule has 0 radical (unpaired) electrons. The van der Waals surface area contributed by atoms with Crippen molar-refractivity contribution in [2.45, 2.75) is 6.92 Å². The van der Waals surface area contributed by atoms with Crippen LogP contribution in [0.15, 0.2) is 41.0 Å². The van der Waals surface area contributed by atoms with Gasteiger partial charge in [-0.25, -0.2) is 9.79 Å². The van der Waals surface area contributed by atoms with Gasteiger partial charge in [-0.3, -0.25) is 10.1 Å². The Hall–Kier alpha value is -3.88. The fraction of sp³-hybridized carbons (Fsp3) is 0.200. The number of rotatable bonds is 6. The zero-order chi connectivity index (χ0) is 21.1. The summed E-state index contributed by atoms with van der Waals surface area (Å²) in [6, 6.07) is 7.73. The molecule has 3 rings (SSSR count). The van der Waals surface area contributed by atoms with Gasteiger partial charge in [-0.05, 0) is 30.7 Å². The van der Waals surface area contributed by atoms with Crippen LogP contribution in [-0.2, 0) is 9.53 Å². The molecule has 0 saturated heterocycles. The predicted molar refractivity (Wildman–Crippen MR) is 105 cm³/mol. The lowest BCUT2D eigenvalue weighted by molar-refractivity contribution is -0.385. The van der Waals surface area contributed by atoms with Crippen molar-refractivity contribution in [3.05, 3.63) is 62.8 Å². The van der Waals surface area contributed by atoms with Crippen LogP contribution in [0.1, 0.15) is 16.7 Å². The van der Waals surface area contributed by atoms with Gasteiger partial charge in [0.05, 0.1) is 26.3 Å². The number of cyclic esters (lactones) is 1. The van der Waals surface area contributed by atoms with Gasteiger partial charge in [-0.1, -0.05) is 6.07 Å². The minimum atomic E-state index is -0.729. The SMILES string of the molecule is COc1cc(OC)c(OC)cc1C=C1N=C(c2cc(C)ccc2[N+](=O)[O-])OC1=O. The number of carbonyl (C=O) groups is 1. The summed E-state index contributed by atoms with van der Waals surface area (Å²) in [6.07, 6.45) is 1.46. The third-order valence-corrected chi connectivity index (χ3v) is 4.23. The van der Waals surface area contributed by atoms with Crippen molar-refractivity contribution in [1.82, 2.24) is 0 Å². The number of nitrogens with zero attached hydrogens (tertiary/aromatic N) is 2. The standard InChI is InChI=1S/C20H18N2O7/c1-11-5-6-15(22(24)25)13(7-11)19-21-14(20(23)29-19)8-12-9-17(27-3)18(28-4)10-16(12)26-2/h5-10H,1-4H3. The van der Waals surface area contributed by atoms with Gasteiger partial charge in [-0.2, -0.15) is 0 Å². The Balaban J connectivity index is 2.09. The Bertz CT molecular complexity index is 1060. The van der Waals surface area contributed by atoms with E-state index in [2.05, 4.69) is 4.99 Å². The second kappa shape index (κ2) is 8.01. The molecule has 9 heteroatoms. The molecule has 0 bridgehead atoms. The first-order valence-corrected chi connectivity index (χ1v) is 8.46. The van der Waals surface area contributed by atoms with Crippen molar-refractivity contribution < 1.29 is 28.7 Å². The van der Waals surface area contributed by atoms with Gasteiger partial charge in [0, 0.05) is 17.7 Å². The second-order valence-electron chi connectivity index (χ2n) is 6.06. The van der Waals surface area contributed by atoms with Crippen molar-refractivity contribution in [2.24, 2.45) is 4.99 Å². The Morgan fingerprint density at radius 2 is 1.69 bits per heavy atom. The number of methoxy groups -OCH3 is 3. The number of esters is 1. The molecule has 2 aromatic carbocycles. The van der Waals surface area contributed by atoms with E-state index < -0.39 is 10.9 Å². The number of hydrogen-bond donors (Lipinski definition) is 0. The van der Waals surface area contributed by atoms with E-state index in [9.17, 15) is 14.9 Å².